The number of nitro benzene ring substituents is 1. The van der Waals surface area contributed by atoms with E-state index >= 15 is 0 Å². The van der Waals surface area contributed by atoms with Crippen molar-refractivity contribution >= 4 is 27.2 Å². The molecule has 3 aromatic rings. The molecule has 0 aliphatic carbocycles. The van der Waals surface area contributed by atoms with Crippen molar-refractivity contribution in [3.05, 3.63) is 58.6 Å². The van der Waals surface area contributed by atoms with Gasteiger partial charge in [0.05, 0.1) is 9.93 Å². The number of benzene rings is 2. The molecule has 0 saturated carbocycles. The molecular weight excluding hydrogens is 326 g/mol. The molecule has 0 aliphatic rings. The van der Waals surface area contributed by atoms with Gasteiger partial charge in [0.25, 0.3) is 5.69 Å². The smallest absolute Gasteiger partial charge is 0.329 e. The Kier molecular flexibility index (Phi) is 8.18. The SMILES string of the molecule is O=[N+]([O-])c1ccc(-c2nc3[c-]cc[c-]c3s2)cc1.[K+].[K+]. The average molecular weight is 332 g/mol. The van der Waals surface area contributed by atoms with Crippen molar-refractivity contribution in [1.82, 2.24) is 4.98 Å². The van der Waals surface area contributed by atoms with Crippen LogP contribution >= 0.6 is 11.3 Å². The van der Waals surface area contributed by atoms with E-state index in [0.717, 1.165) is 20.8 Å². The van der Waals surface area contributed by atoms with Crippen molar-refractivity contribution in [2.45, 2.75) is 0 Å². The number of nitrogens with zero attached hydrogens (tertiary/aromatic N) is 2. The maximum absolute atomic E-state index is 10.6. The van der Waals surface area contributed by atoms with Gasteiger partial charge in [-0.3, -0.25) is 34.4 Å². The van der Waals surface area contributed by atoms with Crippen LogP contribution in [0.2, 0.25) is 0 Å². The van der Waals surface area contributed by atoms with Crippen LogP contribution in [0.1, 0.15) is 0 Å². The van der Waals surface area contributed by atoms with Gasteiger partial charge in [-0.25, -0.2) is 11.3 Å². The molecule has 7 heteroatoms. The summed E-state index contributed by atoms with van der Waals surface area (Å²) in [4.78, 5) is 14.6. The van der Waals surface area contributed by atoms with Crippen LogP contribution in [0.4, 0.5) is 5.69 Å². The Morgan fingerprint density at radius 1 is 1.10 bits per heavy atom. The van der Waals surface area contributed by atoms with E-state index in [0.29, 0.717) is 0 Å². The summed E-state index contributed by atoms with van der Waals surface area (Å²) in [6.07, 6.45) is 0. The van der Waals surface area contributed by atoms with Crippen LogP contribution in [-0.4, -0.2) is 9.91 Å². The Balaban J connectivity index is 0.000001000. The van der Waals surface area contributed by atoms with E-state index in [1.807, 2.05) is 0 Å². The molecule has 1 aromatic heterocycles. The summed E-state index contributed by atoms with van der Waals surface area (Å²) in [6, 6.07) is 16.0. The zero-order valence-corrected chi connectivity index (χ0v) is 18.1. The minimum atomic E-state index is -0.413. The van der Waals surface area contributed by atoms with Gasteiger partial charge in [-0.15, -0.1) is 5.52 Å². The predicted octanol–water partition coefficient (Wildman–Crippen LogP) is -2.52. The van der Waals surface area contributed by atoms with Crippen molar-refractivity contribution in [1.29, 1.82) is 0 Å². The average Bonchev–Trinajstić information content (AvgIpc) is 2.82. The monoisotopic (exact) mass is 332 g/mol. The number of aromatic nitrogens is 1. The van der Waals surface area contributed by atoms with Crippen LogP contribution in [-0.2, 0) is 0 Å². The minimum absolute atomic E-state index is 0. The second-order valence-corrected chi connectivity index (χ2v) is 4.62. The number of rotatable bonds is 2. The topological polar surface area (TPSA) is 56.0 Å². The molecule has 0 spiro atoms. The van der Waals surface area contributed by atoms with Gasteiger partial charge in [-0.2, -0.15) is 4.70 Å². The van der Waals surface area contributed by atoms with Crippen LogP contribution in [0.5, 0.6) is 0 Å². The van der Waals surface area contributed by atoms with Gasteiger partial charge in [0.1, 0.15) is 0 Å². The molecule has 0 unspecified atom stereocenters. The van der Waals surface area contributed by atoms with Gasteiger partial charge >= 0.3 is 103 Å². The maximum Gasteiger partial charge on any atom is 1.00 e. The van der Waals surface area contributed by atoms with Crippen LogP contribution in [0.15, 0.2) is 36.4 Å². The quantitative estimate of drug-likeness (QED) is 0.225. The summed E-state index contributed by atoms with van der Waals surface area (Å²) in [7, 11) is 0. The summed E-state index contributed by atoms with van der Waals surface area (Å²) < 4.78 is 0.936. The first-order valence-electron chi connectivity index (χ1n) is 5.18. The third-order valence-corrected chi connectivity index (χ3v) is 3.51. The first-order valence-corrected chi connectivity index (χ1v) is 5.99. The Bertz CT molecular complexity index is 696. The van der Waals surface area contributed by atoms with Crippen molar-refractivity contribution in [2.75, 3.05) is 0 Å². The van der Waals surface area contributed by atoms with Gasteiger partial charge < -0.3 is 4.98 Å². The van der Waals surface area contributed by atoms with Crippen molar-refractivity contribution in [3.8, 4) is 10.6 Å². The van der Waals surface area contributed by atoms with Crippen molar-refractivity contribution in [2.24, 2.45) is 0 Å². The molecule has 0 atom stereocenters. The Morgan fingerprint density at radius 2 is 1.75 bits per heavy atom. The Hall–Kier alpha value is 1.00. The normalized spacial score (nSPS) is 9.60. The fourth-order valence-electron chi connectivity index (χ4n) is 1.60. The molecule has 0 fully saturated rings. The summed E-state index contributed by atoms with van der Waals surface area (Å²) in [6.45, 7) is 0. The third-order valence-electron chi connectivity index (χ3n) is 2.47. The molecule has 2 aromatic carbocycles. The second-order valence-electron chi connectivity index (χ2n) is 3.62. The van der Waals surface area contributed by atoms with Crippen LogP contribution in [0.3, 0.4) is 0 Å². The molecule has 0 amide bonds. The molecule has 0 saturated heterocycles. The molecule has 20 heavy (non-hydrogen) atoms. The van der Waals surface area contributed by atoms with Gasteiger partial charge in [0.15, 0.2) is 0 Å². The number of hydrogen-bond acceptors (Lipinski definition) is 4. The van der Waals surface area contributed by atoms with Crippen LogP contribution < -0.4 is 103 Å². The van der Waals surface area contributed by atoms with Gasteiger partial charge in [-0.05, 0) is 12.1 Å². The molecular formula is C13H6K2N2O2S. The fourth-order valence-corrected chi connectivity index (χ4v) is 2.52. The Morgan fingerprint density at radius 3 is 2.35 bits per heavy atom. The molecule has 0 bridgehead atoms. The minimum Gasteiger partial charge on any atom is -0.329 e. The third kappa shape index (κ3) is 4.26. The number of non-ortho nitro benzene ring substituents is 1. The van der Waals surface area contributed by atoms with E-state index in [4.69, 9.17) is 0 Å². The standard InChI is InChI=1S/C13H6N2O2S.2K/c16-15(17)10-7-5-9(6-8-10)13-14-11-3-1-2-4-12(11)18-13;;/h1-2,5-8H;;/q-2;2*+1. The van der Waals surface area contributed by atoms with E-state index in [-0.39, 0.29) is 108 Å². The maximum atomic E-state index is 10.6. The summed E-state index contributed by atoms with van der Waals surface area (Å²) in [5.41, 5.74) is 1.72. The molecule has 3 rings (SSSR count). The van der Waals surface area contributed by atoms with Crippen molar-refractivity contribution in [3.63, 3.8) is 0 Å². The molecule has 88 valence electrons. The van der Waals surface area contributed by atoms with Gasteiger partial charge in [-0.1, -0.05) is 0 Å². The summed E-state index contributed by atoms with van der Waals surface area (Å²) in [5.74, 6) is 0. The van der Waals surface area contributed by atoms with E-state index in [9.17, 15) is 10.1 Å². The molecule has 4 nitrogen and oxygen atoms in total. The number of hydrogen-bond donors (Lipinski definition) is 0. The fraction of sp³-hybridized carbons (Fsp3) is 0. The molecule has 0 N–H and O–H groups in total. The van der Waals surface area contributed by atoms with Gasteiger partial charge in [0.2, 0.25) is 0 Å². The zero-order chi connectivity index (χ0) is 12.5. The van der Waals surface area contributed by atoms with Gasteiger partial charge in [0, 0.05) is 17.7 Å². The van der Waals surface area contributed by atoms with Crippen LogP contribution in [0, 0.1) is 22.2 Å². The molecule has 1 heterocycles. The van der Waals surface area contributed by atoms with E-state index in [1.165, 1.54) is 23.5 Å². The predicted molar refractivity (Wildman–Crippen MR) is 69.4 cm³/mol. The molecule has 0 aliphatic heterocycles. The first kappa shape index (κ1) is 19.1. The zero-order valence-electron chi connectivity index (χ0n) is 11.1. The summed E-state index contributed by atoms with van der Waals surface area (Å²) in [5, 5.41) is 11.4. The van der Waals surface area contributed by atoms with Crippen LogP contribution in [0.25, 0.3) is 20.8 Å². The van der Waals surface area contributed by atoms with E-state index in [2.05, 4.69) is 17.1 Å². The second kappa shape index (κ2) is 8.59. The van der Waals surface area contributed by atoms with Crippen molar-refractivity contribution < 1.29 is 108 Å². The number of fused-ring (bicyclic) bond motifs is 1. The largest absolute Gasteiger partial charge is 1.00 e. The van der Waals surface area contributed by atoms with E-state index in [1.54, 1.807) is 24.3 Å². The summed E-state index contributed by atoms with van der Waals surface area (Å²) >= 11 is 1.50. The van der Waals surface area contributed by atoms with E-state index < -0.39 is 4.92 Å². The molecule has 0 radical (unpaired) electrons. The number of thiazole rings is 1. The first-order chi connectivity index (χ1) is 8.74. The Labute approximate surface area is 205 Å². The number of nitro groups is 1.